The third-order valence-corrected chi connectivity index (χ3v) is 4.51. The maximum atomic E-state index is 12.2. The zero-order valence-electron chi connectivity index (χ0n) is 11.6. The SMILES string of the molecule is Cc1nn(CCC(=O)O)c(C)c1S(=O)(=O)NCCCN. The lowest BCUT2D eigenvalue weighted by atomic mass is 10.4. The Balaban J connectivity index is 2.97. The highest BCUT2D eigenvalue weighted by molar-refractivity contribution is 7.89. The number of carboxylic acid groups (broad SMARTS) is 1. The van der Waals surface area contributed by atoms with Gasteiger partial charge in [0.2, 0.25) is 10.0 Å². The molecular formula is C11H20N4O4S. The van der Waals surface area contributed by atoms with Gasteiger partial charge in [-0.15, -0.1) is 0 Å². The topological polar surface area (TPSA) is 127 Å². The molecule has 0 aliphatic rings. The maximum absolute atomic E-state index is 12.2. The number of nitrogens with two attached hydrogens (primary N) is 1. The van der Waals surface area contributed by atoms with Crippen LogP contribution in [0.25, 0.3) is 0 Å². The molecular weight excluding hydrogens is 284 g/mol. The summed E-state index contributed by atoms with van der Waals surface area (Å²) in [6.45, 7) is 4.00. The van der Waals surface area contributed by atoms with Gasteiger partial charge >= 0.3 is 5.97 Å². The summed E-state index contributed by atoms with van der Waals surface area (Å²) in [7, 11) is -3.65. The normalized spacial score (nSPS) is 11.8. The molecule has 0 saturated heterocycles. The van der Waals surface area contributed by atoms with E-state index in [0.29, 0.717) is 24.4 Å². The van der Waals surface area contributed by atoms with Crippen molar-refractivity contribution in [3.63, 3.8) is 0 Å². The lowest BCUT2D eigenvalue weighted by Crippen LogP contribution is -2.27. The number of aliphatic carboxylic acids is 1. The van der Waals surface area contributed by atoms with Crippen molar-refractivity contribution in [2.45, 2.75) is 38.1 Å². The van der Waals surface area contributed by atoms with Gasteiger partial charge in [0.25, 0.3) is 0 Å². The van der Waals surface area contributed by atoms with E-state index in [2.05, 4.69) is 9.82 Å². The second-order valence-corrected chi connectivity index (χ2v) is 6.11. The number of nitrogens with one attached hydrogen (secondary N) is 1. The van der Waals surface area contributed by atoms with Crippen LogP contribution in [0.4, 0.5) is 0 Å². The molecule has 9 heteroatoms. The van der Waals surface area contributed by atoms with E-state index in [1.165, 1.54) is 4.68 Å². The van der Waals surface area contributed by atoms with Gasteiger partial charge in [0.15, 0.2) is 0 Å². The van der Waals surface area contributed by atoms with Gasteiger partial charge in [0, 0.05) is 6.54 Å². The van der Waals surface area contributed by atoms with Crippen molar-refractivity contribution in [3.05, 3.63) is 11.4 Å². The van der Waals surface area contributed by atoms with Crippen molar-refractivity contribution in [2.75, 3.05) is 13.1 Å². The number of aromatic nitrogens is 2. The molecule has 4 N–H and O–H groups in total. The average Bonchev–Trinajstić information content (AvgIpc) is 2.62. The Morgan fingerprint density at radius 2 is 2.10 bits per heavy atom. The summed E-state index contributed by atoms with van der Waals surface area (Å²) in [4.78, 5) is 10.7. The molecule has 0 aromatic carbocycles. The van der Waals surface area contributed by atoms with Crippen LogP contribution in [-0.4, -0.2) is 42.4 Å². The highest BCUT2D eigenvalue weighted by atomic mass is 32.2. The minimum absolute atomic E-state index is 0.109. The number of hydrogen-bond donors (Lipinski definition) is 3. The van der Waals surface area contributed by atoms with Crippen LogP contribution in [0.5, 0.6) is 0 Å². The first-order valence-corrected chi connectivity index (χ1v) is 7.73. The standard InChI is InChI=1S/C11H20N4O4S/c1-8-11(20(18,19)13-6-3-5-12)9(2)15(14-8)7-4-10(16)17/h13H,3-7,12H2,1-2H3,(H,16,17). The van der Waals surface area contributed by atoms with Gasteiger partial charge in [0.1, 0.15) is 4.90 Å². The molecule has 0 unspecified atom stereocenters. The van der Waals surface area contributed by atoms with Crippen molar-refractivity contribution in [3.8, 4) is 0 Å². The van der Waals surface area contributed by atoms with E-state index < -0.39 is 16.0 Å². The summed E-state index contributed by atoms with van der Waals surface area (Å²) in [6.07, 6.45) is 0.437. The van der Waals surface area contributed by atoms with E-state index >= 15 is 0 Å². The minimum atomic E-state index is -3.65. The molecule has 0 fully saturated rings. The Hall–Kier alpha value is -1.45. The van der Waals surface area contributed by atoms with Crippen molar-refractivity contribution < 1.29 is 18.3 Å². The van der Waals surface area contributed by atoms with Crippen LogP contribution in [0.1, 0.15) is 24.2 Å². The van der Waals surface area contributed by atoms with Crippen LogP contribution in [0.3, 0.4) is 0 Å². The monoisotopic (exact) mass is 304 g/mol. The molecule has 0 bridgehead atoms. The predicted octanol–water partition coefficient (Wildman–Crippen LogP) is -0.398. The Labute approximate surface area is 118 Å². The average molecular weight is 304 g/mol. The molecule has 0 atom stereocenters. The number of nitrogens with zero attached hydrogens (tertiary/aromatic N) is 2. The first-order valence-electron chi connectivity index (χ1n) is 6.25. The summed E-state index contributed by atoms with van der Waals surface area (Å²) in [6, 6.07) is 0. The Morgan fingerprint density at radius 3 is 2.65 bits per heavy atom. The van der Waals surface area contributed by atoms with Crippen molar-refractivity contribution in [1.82, 2.24) is 14.5 Å². The zero-order valence-corrected chi connectivity index (χ0v) is 12.4. The van der Waals surface area contributed by atoms with Crippen LogP contribution in [0.15, 0.2) is 4.90 Å². The number of hydrogen-bond acceptors (Lipinski definition) is 5. The summed E-state index contributed by atoms with van der Waals surface area (Å²) in [5, 5.41) is 12.7. The summed E-state index contributed by atoms with van der Waals surface area (Å²) in [5.74, 6) is -0.956. The van der Waals surface area contributed by atoms with E-state index in [4.69, 9.17) is 10.8 Å². The summed E-state index contributed by atoms with van der Waals surface area (Å²) < 4.78 is 28.2. The Morgan fingerprint density at radius 1 is 1.45 bits per heavy atom. The van der Waals surface area contributed by atoms with Crippen molar-refractivity contribution >= 4 is 16.0 Å². The molecule has 20 heavy (non-hydrogen) atoms. The van der Waals surface area contributed by atoms with Crippen LogP contribution < -0.4 is 10.5 Å². The van der Waals surface area contributed by atoms with E-state index in [1.54, 1.807) is 13.8 Å². The van der Waals surface area contributed by atoms with Gasteiger partial charge in [-0.25, -0.2) is 13.1 Å². The van der Waals surface area contributed by atoms with Gasteiger partial charge < -0.3 is 10.8 Å². The lowest BCUT2D eigenvalue weighted by Gasteiger charge is -2.07. The molecule has 1 heterocycles. The number of sulfonamides is 1. The molecule has 114 valence electrons. The fraction of sp³-hybridized carbons (Fsp3) is 0.636. The maximum Gasteiger partial charge on any atom is 0.305 e. The highest BCUT2D eigenvalue weighted by Crippen LogP contribution is 2.19. The first-order chi connectivity index (χ1) is 9.29. The molecule has 8 nitrogen and oxygen atoms in total. The second-order valence-electron chi connectivity index (χ2n) is 4.41. The minimum Gasteiger partial charge on any atom is -0.481 e. The summed E-state index contributed by atoms with van der Waals surface area (Å²) in [5.41, 5.74) is 6.11. The second kappa shape index (κ2) is 6.82. The molecule has 1 aromatic heterocycles. The largest absolute Gasteiger partial charge is 0.481 e. The smallest absolute Gasteiger partial charge is 0.305 e. The van der Waals surface area contributed by atoms with Crippen molar-refractivity contribution in [2.24, 2.45) is 5.73 Å². The number of carboxylic acids is 1. The van der Waals surface area contributed by atoms with E-state index in [0.717, 1.165) is 0 Å². The third kappa shape index (κ3) is 4.02. The number of carbonyl (C=O) groups is 1. The van der Waals surface area contributed by atoms with E-state index in [1.807, 2.05) is 0 Å². The predicted molar refractivity (Wildman–Crippen MR) is 72.8 cm³/mol. The van der Waals surface area contributed by atoms with Gasteiger partial charge in [-0.3, -0.25) is 9.48 Å². The first kappa shape index (κ1) is 16.6. The van der Waals surface area contributed by atoms with E-state index in [9.17, 15) is 13.2 Å². The molecule has 0 saturated carbocycles. The molecule has 0 amide bonds. The number of rotatable bonds is 8. The van der Waals surface area contributed by atoms with Crippen LogP contribution in [0, 0.1) is 13.8 Å². The third-order valence-electron chi connectivity index (χ3n) is 2.79. The van der Waals surface area contributed by atoms with E-state index in [-0.39, 0.29) is 24.4 Å². The quantitative estimate of drug-likeness (QED) is 0.561. The Kier molecular flexibility index (Phi) is 5.66. The Bertz CT molecular complexity index is 579. The highest BCUT2D eigenvalue weighted by Gasteiger charge is 2.24. The summed E-state index contributed by atoms with van der Waals surface area (Å²) >= 11 is 0. The molecule has 0 radical (unpaired) electrons. The molecule has 0 aliphatic carbocycles. The fourth-order valence-corrected chi connectivity index (χ4v) is 3.35. The van der Waals surface area contributed by atoms with Crippen LogP contribution in [-0.2, 0) is 21.4 Å². The van der Waals surface area contributed by atoms with Gasteiger partial charge in [-0.1, -0.05) is 0 Å². The van der Waals surface area contributed by atoms with Gasteiger partial charge in [0.05, 0.1) is 24.4 Å². The fourth-order valence-electron chi connectivity index (χ4n) is 1.87. The van der Waals surface area contributed by atoms with Crippen LogP contribution in [0.2, 0.25) is 0 Å². The van der Waals surface area contributed by atoms with Crippen molar-refractivity contribution in [1.29, 1.82) is 0 Å². The lowest BCUT2D eigenvalue weighted by molar-refractivity contribution is -0.137. The van der Waals surface area contributed by atoms with Gasteiger partial charge in [-0.05, 0) is 26.8 Å². The molecule has 0 aliphatic heterocycles. The number of aryl methyl sites for hydroxylation is 2. The van der Waals surface area contributed by atoms with Crippen LogP contribution >= 0.6 is 0 Å². The molecule has 0 spiro atoms. The van der Waals surface area contributed by atoms with Gasteiger partial charge in [-0.2, -0.15) is 5.10 Å². The molecule has 1 aromatic rings. The molecule has 1 rings (SSSR count). The zero-order chi connectivity index (χ0) is 15.3.